The summed E-state index contributed by atoms with van der Waals surface area (Å²) in [4.78, 5) is 11.7. The van der Waals surface area contributed by atoms with Gasteiger partial charge in [-0.15, -0.1) is 0 Å². The van der Waals surface area contributed by atoms with Crippen LogP contribution in [0.15, 0.2) is 0 Å². The molecule has 11 heavy (non-hydrogen) atoms. The SMILES string of the molecule is C[C@@]12CC[C@H]3[C@@H](C[C@]31C)C2=O. The molecule has 60 valence electrons. The van der Waals surface area contributed by atoms with Gasteiger partial charge in [-0.25, -0.2) is 0 Å². The number of carbonyl (C=O) groups is 1. The molecule has 0 aromatic carbocycles. The fraction of sp³-hybridized carbons (Fsp3) is 0.900. The number of Topliss-reactive ketones (excluding diaryl/α,β-unsaturated/α-hetero) is 1. The molecule has 4 saturated carbocycles. The molecule has 4 aliphatic carbocycles. The monoisotopic (exact) mass is 150 g/mol. The van der Waals surface area contributed by atoms with Gasteiger partial charge in [0, 0.05) is 11.3 Å². The Morgan fingerprint density at radius 1 is 1.45 bits per heavy atom. The molecule has 1 heteroatoms. The van der Waals surface area contributed by atoms with Crippen molar-refractivity contribution >= 4 is 5.78 Å². The summed E-state index contributed by atoms with van der Waals surface area (Å²) < 4.78 is 0. The summed E-state index contributed by atoms with van der Waals surface area (Å²) in [5.74, 6) is 1.86. The van der Waals surface area contributed by atoms with Crippen molar-refractivity contribution in [2.75, 3.05) is 0 Å². The highest BCUT2D eigenvalue weighted by Gasteiger charge is 2.75. The number of rotatable bonds is 0. The minimum atomic E-state index is 0.0995. The molecule has 0 spiro atoms. The van der Waals surface area contributed by atoms with Crippen LogP contribution in [0.5, 0.6) is 0 Å². The van der Waals surface area contributed by atoms with Gasteiger partial charge in [0.2, 0.25) is 0 Å². The van der Waals surface area contributed by atoms with Crippen molar-refractivity contribution in [2.45, 2.75) is 33.1 Å². The molecule has 0 heterocycles. The van der Waals surface area contributed by atoms with Crippen LogP contribution in [0.4, 0.5) is 0 Å². The first kappa shape index (κ1) is 6.22. The Labute approximate surface area is 67.2 Å². The van der Waals surface area contributed by atoms with E-state index in [0.717, 1.165) is 5.92 Å². The van der Waals surface area contributed by atoms with Gasteiger partial charge in [0.25, 0.3) is 0 Å². The highest BCUT2D eigenvalue weighted by Crippen LogP contribution is 2.76. The molecule has 4 aliphatic rings. The molecule has 4 rings (SSSR count). The zero-order valence-electron chi connectivity index (χ0n) is 7.18. The van der Waals surface area contributed by atoms with Crippen molar-refractivity contribution in [2.24, 2.45) is 22.7 Å². The molecule has 0 aromatic rings. The van der Waals surface area contributed by atoms with Crippen molar-refractivity contribution in [3.05, 3.63) is 0 Å². The standard InChI is InChI=1S/C10H14O/c1-9-4-3-7-6(8(9)11)5-10(7,9)2/h6-7H,3-5H2,1-2H3/t6-,7+,9+,10-/m1/s1. The average molecular weight is 150 g/mol. The predicted molar refractivity (Wildman–Crippen MR) is 42.1 cm³/mol. The van der Waals surface area contributed by atoms with Gasteiger partial charge in [-0.1, -0.05) is 13.8 Å². The lowest BCUT2D eigenvalue weighted by Crippen LogP contribution is -2.38. The van der Waals surface area contributed by atoms with E-state index in [1.165, 1.54) is 19.3 Å². The second kappa shape index (κ2) is 1.30. The van der Waals surface area contributed by atoms with Crippen LogP contribution in [-0.4, -0.2) is 5.78 Å². The lowest BCUT2D eigenvalue weighted by atomic mass is 9.60. The van der Waals surface area contributed by atoms with Crippen LogP contribution in [0.25, 0.3) is 0 Å². The van der Waals surface area contributed by atoms with Crippen LogP contribution in [-0.2, 0) is 4.79 Å². The molecule has 0 saturated heterocycles. The molecule has 0 unspecified atom stereocenters. The fourth-order valence-electron chi connectivity index (χ4n) is 4.01. The summed E-state index contributed by atoms with van der Waals surface area (Å²) in [6.07, 6.45) is 3.69. The molecule has 0 aliphatic heterocycles. The van der Waals surface area contributed by atoms with Crippen molar-refractivity contribution in [1.29, 1.82) is 0 Å². The van der Waals surface area contributed by atoms with E-state index in [-0.39, 0.29) is 5.41 Å². The Balaban J connectivity index is 2.22. The van der Waals surface area contributed by atoms with Crippen LogP contribution in [0.2, 0.25) is 0 Å². The normalized spacial score (nSPS) is 65.1. The maximum atomic E-state index is 11.7. The fourth-order valence-corrected chi connectivity index (χ4v) is 4.01. The zero-order valence-corrected chi connectivity index (χ0v) is 7.18. The number of ketones is 1. The first-order chi connectivity index (χ1) is 5.09. The van der Waals surface area contributed by atoms with Crippen LogP contribution in [0.3, 0.4) is 0 Å². The van der Waals surface area contributed by atoms with Crippen LogP contribution >= 0.6 is 0 Å². The molecule has 0 aromatic heterocycles. The molecule has 4 fully saturated rings. The van der Waals surface area contributed by atoms with Gasteiger partial charge in [-0.2, -0.15) is 0 Å². The summed E-state index contributed by atoms with van der Waals surface area (Å²) in [7, 11) is 0. The second-order valence-corrected chi connectivity index (χ2v) is 5.07. The van der Waals surface area contributed by atoms with Crippen molar-refractivity contribution in [3.63, 3.8) is 0 Å². The smallest absolute Gasteiger partial charge is 0.142 e. The molecule has 0 N–H and O–H groups in total. The minimum Gasteiger partial charge on any atom is -0.299 e. The van der Waals surface area contributed by atoms with E-state index in [0.29, 0.717) is 17.1 Å². The summed E-state index contributed by atoms with van der Waals surface area (Å²) in [5, 5.41) is 0. The van der Waals surface area contributed by atoms with Gasteiger partial charge in [-0.3, -0.25) is 4.79 Å². The number of hydrogen-bond donors (Lipinski definition) is 0. The summed E-state index contributed by atoms with van der Waals surface area (Å²) >= 11 is 0. The first-order valence-corrected chi connectivity index (χ1v) is 4.64. The Bertz CT molecular complexity index is 258. The van der Waals surface area contributed by atoms with Crippen LogP contribution in [0.1, 0.15) is 33.1 Å². The largest absolute Gasteiger partial charge is 0.299 e. The van der Waals surface area contributed by atoms with Gasteiger partial charge in [0.1, 0.15) is 5.78 Å². The van der Waals surface area contributed by atoms with E-state index in [4.69, 9.17) is 0 Å². The molecule has 4 atom stereocenters. The van der Waals surface area contributed by atoms with Gasteiger partial charge in [0.05, 0.1) is 0 Å². The highest BCUT2D eigenvalue weighted by atomic mass is 16.1. The Morgan fingerprint density at radius 2 is 2.18 bits per heavy atom. The van der Waals surface area contributed by atoms with Gasteiger partial charge >= 0.3 is 0 Å². The van der Waals surface area contributed by atoms with E-state index in [2.05, 4.69) is 13.8 Å². The molecule has 0 radical (unpaired) electrons. The third-order valence-electron chi connectivity index (χ3n) is 5.04. The van der Waals surface area contributed by atoms with Gasteiger partial charge in [0.15, 0.2) is 0 Å². The predicted octanol–water partition coefficient (Wildman–Crippen LogP) is 2.01. The highest BCUT2D eigenvalue weighted by molar-refractivity contribution is 5.94. The molecular weight excluding hydrogens is 136 g/mol. The lowest BCUT2D eigenvalue weighted by molar-refractivity contribution is -0.128. The third kappa shape index (κ3) is 0.361. The lowest BCUT2D eigenvalue weighted by Gasteiger charge is -2.43. The van der Waals surface area contributed by atoms with E-state index in [9.17, 15) is 4.79 Å². The quantitative estimate of drug-likeness (QED) is 0.516. The summed E-state index contributed by atoms with van der Waals surface area (Å²) in [6, 6.07) is 0. The molecule has 1 nitrogen and oxygen atoms in total. The van der Waals surface area contributed by atoms with Gasteiger partial charge in [-0.05, 0) is 30.6 Å². The van der Waals surface area contributed by atoms with E-state index >= 15 is 0 Å². The molecular formula is C10H14O. The van der Waals surface area contributed by atoms with Crippen molar-refractivity contribution in [1.82, 2.24) is 0 Å². The van der Waals surface area contributed by atoms with Crippen LogP contribution < -0.4 is 0 Å². The summed E-state index contributed by atoms with van der Waals surface area (Å²) in [5.41, 5.74) is 0.525. The van der Waals surface area contributed by atoms with E-state index < -0.39 is 0 Å². The van der Waals surface area contributed by atoms with E-state index in [1.54, 1.807) is 0 Å². The van der Waals surface area contributed by atoms with Crippen molar-refractivity contribution < 1.29 is 4.79 Å². The maximum absolute atomic E-state index is 11.7. The Morgan fingerprint density at radius 3 is 2.55 bits per heavy atom. The second-order valence-electron chi connectivity index (χ2n) is 5.07. The van der Waals surface area contributed by atoms with E-state index in [1.807, 2.05) is 0 Å². The first-order valence-electron chi connectivity index (χ1n) is 4.64. The topological polar surface area (TPSA) is 17.1 Å². The Hall–Kier alpha value is -0.330. The van der Waals surface area contributed by atoms with Crippen molar-refractivity contribution in [3.8, 4) is 0 Å². The summed E-state index contributed by atoms with van der Waals surface area (Å²) in [6.45, 7) is 4.52. The minimum absolute atomic E-state index is 0.0995. The number of hydrogen-bond acceptors (Lipinski definition) is 1. The Kier molecular flexibility index (Phi) is 0.733. The number of carbonyl (C=O) groups excluding carboxylic acids is 1. The van der Waals surface area contributed by atoms with Crippen LogP contribution in [0, 0.1) is 22.7 Å². The molecule has 4 bridgehead atoms. The van der Waals surface area contributed by atoms with Gasteiger partial charge < -0.3 is 0 Å². The average Bonchev–Trinajstić information content (AvgIpc) is 2.27. The maximum Gasteiger partial charge on any atom is 0.142 e. The third-order valence-corrected chi connectivity index (χ3v) is 5.04. The zero-order chi connectivity index (χ0) is 7.85. The molecule has 0 amide bonds.